The molecule has 0 aliphatic heterocycles. The van der Waals surface area contributed by atoms with Crippen LogP contribution in [0.15, 0.2) is 23.3 Å². The molecule has 2 rings (SSSR count). The molecule has 0 aromatic heterocycles. The van der Waals surface area contributed by atoms with E-state index in [1.165, 1.54) is 24.0 Å². The van der Waals surface area contributed by atoms with Crippen molar-refractivity contribution in [2.24, 2.45) is 11.7 Å². The Bertz CT molecular complexity index is 267. The van der Waals surface area contributed by atoms with E-state index >= 15 is 0 Å². The highest BCUT2D eigenvalue weighted by molar-refractivity contribution is 5.34. The van der Waals surface area contributed by atoms with E-state index in [4.69, 9.17) is 10.5 Å². The summed E-state index contributed by atoms with van der Waals surface area (Å²) in [6, 6.07) is 0. The van der Waals surface area contributed by atoms with Gasteiger partial charge in [0.05, 0.1) is 6.10 Å². The van der Waals surface area contributed by atoms with Crippen molar-refractivity contribution in [3.05, 3.63) is 23.3 Å². The third kappa shape index (κ3) is 1.77. The van der Waals surface area contributed by atoms with Gasteiger partial charge in [0.25, 0.3) is 0 Å². The van der Waals surface area contributed by atoms with Gasteiger partial charge in [0.2, 0.25) is 0 Å². The van der Waals surface area contributed by atoms with Crippen LogP contribution in [0.5, 0.6) is 0 Å². The molecular formula is C12H19NO. The topological polar surface area (TPSA) is 35.2 Å². The van der Waals surface area contributed by atoms with Crippen LogP contribution in [0.4, 0.5) is 0 Å². The average Bonchev–Trinajstić information content (AvgIpc) is 2.27. The number of hydrogen-bond acceptors (Lipinski definition) is 2. The molecule has 0 heterocycles. The molecule has 2 nitrogen and oxygen atoms in total. The Labute approximate surface area is 85.8 Å². The molecule has 2 aliphatic rings. The molecule has 0 aromatic rings. The van der Waals surface area contributed by atoms with Crippen molar-refractivity contribution >= 4 is 0 Å². The molecule has 2 heteroatoms. The Balaban J connectivity index is 2.17. The van der Waals surface area contributed by atoms with Gasteiger partial charge >= 0.3 is 0 Å². The van der Waals surface area contributed by atoms with Gasteiger partial charge in [0, 0.05) is 7.11 Å². The van der Waals surface area contributed by atoms with Crippen LogP contribution in [0.2, 0.25) is 0 Å². The summed E-state index contributed by atoms with van der Waals surface area (Å²) < 4.78 is 5.50. The second kappa shape index (κ2) is 4.28. The van der Waals surface area contributed by atoms with Gasteiger partial charge in [-0.1, -0.05) is 12.2 Å². The second-order valence-electron chi connectivity index (χ2n) is 4.26. The summed E-state index contributed by atoms with van der Waals surface area (Å²) in [7, 11) is 1.81. The highest BCUT2D eigenvalue weighted by atomic mass is 16.5. The Kier molecular flexibility index (Phi) is 3.04. The SMILES string of the molecule is COC1CC=CC2=C1CC(CN)CC2. The monoisotopic (exact) mass is 193 g/mol. The molecule has 0 spiro atoms. The van der Waals surface area contributed by atoms with Crippen LogP contribution in [0.1, 0.15) is 25.7 Å². The van der Waals surface area contributed by atoms with Gasteiger partial charge in [-0.2, -0.15) is 0 Å². The van der Waals surface area contributed by atoms with Crippen molar-refractivity contribution in [3.63, 3.8) is 0 Å². The van der Waals surface area contributed by atoms with Gasteiger partial charge in [-0.15, -0.1) is 0 Å². The highest BCUT2D eigenvalue weighted by Crippen LogP contribution is 2.35. The molecule has 0 saturated heterocycles. The first-order chi connectivity index (χ1) is 6.85. The maximum Gasteiger partial charge on any atom is 0.0821 e. The zero-order valence-corrected chi connectivity index (χ0v) is 8.83. The molecule has 0 saturated carbocycles. The molecule has 0 fully saturated rings. The van der Waals surface area contributed by atoms with E-state index in [2.05, 4.69) is 12.2 Å². The van der Waals surface area contributed by atoms with Crippen LogP contribution in [0.25, 0.3) is 0 Å². The largest absolute Gasteiger partial charge is 0.377 e. The summed E-state index contributed by atoms with van der Waals surface area (Å²) in [5.41, 5.74) is 8.75. The van der Waals surface area contributed by atoms with Gasteiger partial charge in [-0.3, -0.25) is 0 Å². The van der Waals surface area contributed by atoms with Gasteiger partial charge < -0.3 is 10.5 Å². The fourth-order valence-electron chi connectivity index (χ4n) is 2.51. The summed E-state index contributed by atoms with van der Waals surface area (Å²) >= 11 is 0. The van der Waals surface area contributed by atoms with Crippen molar-refractivity contribution < 1.29 is 4.74 Å². The lowest BCUT2D eigenvalue weighted by atomic mass is 9.79. The number of rotatable bonds is 2. The predicted octanol–water partition coefficient (Wildman–Crippen LogP) is 2.02. The maximum absolute atomic E-state index is 5.73. The smallest absolute Gasteiger partial charge is 0.0821 e. The lowest BCUT2D eigenvalue weighted by molar-refractivity contribution is 0.124. The van der Waals surface area contributed by atoms with Crippen molar-refractivity contribution in [2.75, 3.05) is 13.7 Å². The molecule has 2 N–H and O–H groups in total. The molecule has 2 atom stereocenters. The zero-order valence-electron chi connectivity index (χ0n) is 8.83. The van der Waals surface area contributed by atoms with E-state index in [0.717, 1.165) is 19.4 Å². The number of nitrogens with two attached hydrogens (primary N) is 1. The highest BCUT2D eigenvalue weighted by Gasteiger charge is 2.26. The Morgan fingerprint density at radius 1 is 1.57 bits per heavy atom. The van der Waals surface area contributed by atoms with Crippen LogP contribution < -0.4 is 5.73 Å². The Morgan fingerprint density at radius 3 is 3.14 bits per heavy atom. The van der Waals surface area contributed by atoms with E-state index in [1.807, 2.05) is 0 Å². The Hall–Kier alpha value is -0.600. The molecular weight excluding hydrogens is 174 g/mol. The first-order valence-corrected chi connectivity index (χ1v) is 5.46. The van der Waals surface area contributed by atoms with Crippen molar-refractivity contribution in [1.82, 2.24) is 0 Å². The van der Waals surface area contributed by atoms with E-state index in [1.54, 1.807) is 7.11 Å². The average molecular weight is 193 g/mol. The lowest BCUT2D eigenvalue weighted by Crippen LogP contribution is -2.26. The van der Waals surface area contributed by atoms with Crippen LogP contribution in [0, 0.1) is 5.92 Å². The second-order valence-corrected chi connectivity index (χ2v) is 4.26. The minimum atomic E-state index is 0.323. The number of hydrogen-bond donors (Lipinski definition) is 1. The number of methoxy groups -OCH3 is 1. The van der Waals surface area contributed by atoms with Gasteiger partial charge in [-0.25, -0.2) is 0 Å². The molecule has 2 aliphatic carbocycles. The van der Waals surface area contributed by atoms with E-state index in [-0.39, 0.29) is 0 Å². The van der Waals surface area contributed by atoms with Crippen LogP contribution in [0.3, 0.4) is 0 Å². The van der Waals surface area contributed by atoms with Crippen LogP contribution >= 0.6 is 0 Å². The molecule has 14 heavy (non-hydrogen) atoms. The van der Waals surface area contributed by atoms with Gasteiger partial charge in [0.15, 0.2) is 0 Å². The summed E-state index contributed by atoms with van der Waals surface area (Å²) in [6.45, 7) is 0.816. The lowest BCUT2D eigenvalue weighted by Gasteiger charge is -2.31. The quantitative estimate of drug-likeness (QED) is 0.728. The molecule has 2 unspecified atom stereocenters. The normalized spacial score (nSPS) is 31.9. The van der Waals surface area contributed by atoms with Gasteiger partial charge in [0.1, 0.15) is 0 Å². The summed E-state index contributed by atoms with van der Waals surface area (Å²) in [6.07, 6.45) is 9.45. The fraction of sp³-hybridized carbons (Fsp3) is 0.667. The predicted molar refractivity (Wildman–Crippen MR) is 58.0 cm³/mol. The van der Waals surface area contributed by atoms with Crippen molar-refractivity contribution in [2.45, 2.75) is 31.8 Å². The molecule has 78 valence electrons. The van der Waals surface area contributed by atoms with Crippen molar-refractivity contribution in [1.29, 1.82) is 0 Å². The minimum absolute atomic E-state index is 0.323. The molecule has 0 radical (unpaired) electrons. The van der Waals surface area contributed by atoms with E-state index in [0.29, 0.717) is 12.0 Å². The third-order valence-electron chi connectivity index (χ3n) is 3.42. The summed E-state index contributed by atoms with van der Waals surface area (Å²) in [4.78, 5) is 0. The van der Waals surface area contributed by atoms with Crippen molar-refractivity contribution in [3.8, 4) is 0 Å². The minimum Gasteiger partial charge on any atom is -0.377 e. The summed E-state index contributed by atoms with van der Waals surface area (Å²) in [5.74, 6) is 0.679. The Morgan fingerprint density at radius 2 is 2.43 bits per heavy atom. The fourth-order valence-corrected chi connectivity index (χ4v) is 2.51. The van der Waals surface area contributed by atoms with Crippen LogP contribution in [-0.2, 0) is 4.74 Å². The first kappa shape index (κ1) is 9.94. The number of allylic oxidation sites excluding steroid dienone is 2. The standard InChI is InChI=1S/C12H19NO/c1-14-12-4-2-3-10-6-5-9(8-13)7-11(10)12/h2-3,9,12H,4-8,13H2,1H3. The first-order valence-electron chi connectivity index (χ1n) is 5.46. The molecule has 0 bridgehead atoms. The zero-order chi connectivity index (χ0) is 9.97. The third-order valence-corrected chi connectivity index (χ3v) is 3.42. The van der Waals surface area contributed by atoms with E-state index < -0.39 is 0 Å². The summed E-state index contributed by atoms with van der Waals surface area (Å²) in [5, 5.41) is 0. The molecule has 0 amide bonds. The number of ether oxygens (including phenoxy) is 1. The maximum atomic E-state index is 5.73. The molecule has 0 aromatic carbocycles. The van der Waals surface area contributed by atoms with Crippen LogP contribution in [-0.4, -0.2) is 19.8 Å². The van der Waals surface area contributed by atoms with Gasteiger partial charge in [-0.05, 0) is 49.3 Å². The van der Waals surface area contributed by atoms with E-state index in [9.17, 15) is 0 Å².